The van der Waals surface area contributed by atoms with E-state index in [0.717, 1.165) is 12.1 Å². The van der Waals surface area contributed by atoms with Gasteiger partial charge in [-0.2, -0.15) is 4.31 Å². The first-order valence-electron chi connectivity index (χ1n) is 8.35. The number of amides is 1. The zero-order chi connectivity index (χ0) is 20.3. The lowest BCUT2D eigenvalue weighted by atomic mass is 10.2. The van der Waals surface area contributed by atoms with Gasteiger partial charge in [0.25, 0.3) is 5.91 Å². The van der Waals surface area contributed by atoms with Gasteiger partial charge in [-0.3, -0.25) is 4.79 Å². The molecule has 28 heavy (non-hydrogen) atoms. The lowest BCUT2D eigenvalue weighted by Gasteiger charge is -2.26. The second-order valence-corrected chi connectivity index (χ2v) is 7.90. The number of ether oxygens (including phenoxy) is 2. The summed E-state index contributed by atoms with van der Waals surface area (Å²) in [4.78, 5) is 12.5. The molecule has 2 aromatic carbocycles. The molecule has 7 nitrogen and oxygen atoms in total. The molecule has 0 radical (unpaired) electrons. The molecule has 1 heterocycles. The van der Waals surface area contributed by atoms with Crippen LogP contribution in [0.25, 0.3) is 0 Å². The van der Waals surface area contributed by atoms with Crippen LogP contribution >= 0.6 is 0 Å². The Balaban J connectivity index is 1.92. The van der Waals surface area contributed by atoms with Gasteiger partial charge >= 0.3 is 0 Å². The maximum atomic E-state index is 13.4. The molecule has 0 unspecified atom stereocenters. The Morgan fingerprint density at radius 1 is 1.11 bits per heavy atom. The lowest BCUT2D eigenvalue weighted by molar-refractivity contribution is 0.0730. The molecule has 0 spiro atoms. The van der Waals surface area contributed by atoms with Crippen molar-refractivity contribution in [3.05, 3.63) is 53.6 Å². The van der Waals surface area contributed by atoms with E-state index < -0.39 is 27.6 Å². The normalized spacial score (nSPS) is 15.2. The summed E-state index contributed by atoms with van der Waals surface area (Å²) in [5.74, 6) is -2.74. The highest BCUT2D eigenvalue weighted by atomic mass is 32.2. The van der Waals surface area contributed by atoms with Gasteiger partial charge in [-0.15, -0.1) is 0 Å². The molecule has 1 aliphatic heterocycles. The van der Waals surface area contributed by atoms with E-state index in [1.807, 2.05) is 0 Å². The lowest BCUT2D eigenvalue weighted by Crippen LogP contribution is -2.40. The average molecular weight is 412 g/mol. The highest BCUT2D eigenvalue weighted by Crippen LogP contribution is 2.26. The molecule has 1 saturated heterocycles. The van der Waals surface area contributed by atoms with Crippen LogP contribution in [0.15, 0.2) is 41.3 Å². The predicted molar refractivity (Wildman–Crippen MR) is 96.9 cm³/mol. The Morgan fingerprint density at radius 3 is 2.46 bits per heavy atom. The zero-order valence-electron chi connectivity index (χ0n) is 14.9. The molecule has 0 atom stereocenters. The summed E-state index contributed by atoms with van der Waals surface area (Å²) in [6.45, 7) is 1.01. The summed E-state index contributed by atoms with van der Waals surface area (Å²) in [5.41, 5.74) is -0.0334. The molecule has 0 aliphatic carbocycles. The van der Waals surface area contributed by atoms with Crippen molar-refractivity contribution in [1.29, 1.82) is 0 Å². The van der Waals surface area contributed by atoms with E-state index in [9.17, 15) is 22.0 Å². The third-order valence-corrected chi connectivity index (χ3v) is 6.10. The molecular weight excluding hydrogens is 394 g/mol. The Kier molecular flexibility index (Phi) is 5.92. The van der Waals surface area contributed by atoms with Crippen LogP contribution in [0, 0.1) is 11.6 Å². The molecule has 1 N–H and O–H groups in total. The third-order valence-electron chi connectivity index (χ3n) is 4.20. The smallest absolute Gasteiger partial charge is 0.259 e. The average Bonchev–Trinajstić information content (AvgIpc) is 2.70. The predicted octanol–water partition coefficient (Wildman–Crippen LogP) is 2.25. The van der Waals surface area contributed by atoms with Gasteiger partial charge in [0.05, 0.1) is 30.8 Å². The fourth-order valence-electron chi connectivity index (χ4n) is 2.73. The number of anilines is 1. The number of morpholine rings is 1. The first-order valence-corrected chi connectivity index (χ1v) is 9.79. The van der Waals surface area contributed by atoms with E-state index in [4.69, 9.17) is 9.47 Å². The van der Waals surface area contributed by atoms with Crippen molar-refractivity contribution in [2.45, 2.75) is 4.90 Å². The van der Waals surface area contributed by atoms with Crippen LogP contribution in [0.5, 0.6) is 5.75 Å². The molecule has 0 bridgehead atoms. The maximum absolute atomic E-state index is 13.4. The van der Waals surface area contributed by atoms with Crippen LogP contribution in [0.2, 0.25) is 0 Å². The molecular formula is C18H18F2N2O5S. The summed E-state index contributed by atoms with van der Waals surface area (Å²) in [6.07, 6.45) is 0. The number of halogens is 2. The van der Waals surface area contributed by atoms with E-state index in [2.05, 4.69) is 5.32 Å². The molecule has 150 valence electrons. The summed E-state index contributed by atoms with van der Waals surface area (Å²) in [5, 5.41) is 2.41. The van der Waals surface area contributed by atoms with Gasteiger partial charge in [-0.25, -0.2) is 17.2 Å². The number of nitrogens with one attached hydrogen (secondary N) is 1. The molecule has 10 heteroatoms. The number of carbonyl (C=O) groups is 1. The number of nitrogens with zero attached hydrogens (tertiary/aromatic N) is 1. The van der Waals surface area contributed by atoms with Crippen molar-refractivity contribution < 1.29 is 31.5 Å². The minimum Gasteiger partial charge on any atom is -0.496 e. The Bertz CT molecular complexity index is 991. The van der Waals surface area contributed by atoms with E-state index in [1.54, 1.807) is 0 Å². The highest BCUT2D eigenvalue weighted by Gasteiger charge is 2.28. The van der Waals surface area contributed by atoms with Crippen molar-refractivity contribution in [3.63, 3.8) is 0 Å². The monoisotopic (exact) mass is 412 g/mol. The van der Waals surface area contributed by atoms with E-state index in [1.165, 1.54) is 35.7 Å². The van der Waals surface area contributed by atoms with Gasteiger partial charge in [0.15, 0.2) is 11.6 Å². The van der Waals surface area contributed by atoms with Gasteiger partial charge in [-0.1, -0.05) is 0 Å². The number of benzene rings is 2. The van der Waals surface area contributed by atoms with Gasteiger partial charge < -0.3 is 14.8 Å². The van der Waals surface area contributed by atoms with E-state index in [-0.39, 0.29) is 35.0 Å². The fraction of sp³-hybridized carbons (Fsp3) is 0.278. The molecule has 3 rings (SSSR count). The minimum absolute atomic E-state index is 0.0207. The Morgan fingerprint density at radius 2 is 1.82 bits per heavy atom. The fourth-order valence-corrected chi connectivity index (χ4v) is 4.17. The van der Waals surface area contributed by atoms with Crippen LogP contribution < -0.4 is 10.1 Å². The molecule has 0 saturated carbocycles. The topological polar surface area (TPSA) is 84.9 Å². The maximum Gasteiger partial charge on any atom is 0.259 e. The van der Waals surface area contributed by atoms with Crippen LogP contribution in [0.3, 0.4) is 0 Å². The number of rotatable bonds is 5. The standard InChI is InChI=1S/C18H18F2N2O5S/c1-26-17-5-3-13(28(24,25)22-6-8-27-9-7-22)11-14(17)18(23)21-12-2-4-15(19)16(20)10-12/h2-5,10-11H,6-9H2,1H3,(H,21,23). The highest BCUT2D eigenvalue weighted by molar-refractivity contribution is 7.89. The van der Waals surface area contributed by atoms with Crippen LogP contribution in [0.1, 0.15) is 10.4 Å². The summed E-state index contributed by atoms with van der Waals surface area (Å²) in [7, 11) is -2.49. The summed E-state index contributed by atoms with van der Waals surface area (Å²) >= 11 is 0. The van der Waals surface area contributed by atoms with E-state index in [0.29, 0.717) is 13.2 Å². The zero-order valence-corrected chi connectivity index (χ0v) is 15.8. The summed E-state index contributed by atoms with van der Waals surface area (Å²) in [6, 6.07) is 6.80. The van der Waals surface area contributed by atoms with Crippen LogP contribution in [-0.4, -0.2) is 52.0 Å². The molecule has 2 aromatic rings. The van der Waals surface area contributed by atoms with E-state index >= 15 is 0 Å². The molecule has 1 amide bonds. The van der Waals surface area contributed by atoms with Gasteiger partial charge in [0.2, 0.25) is 10.0 Å². The van der Waals surface area contributed by atoms with Crippen molar-refractivity contribution in [3.8, 4) is 5.75 Å². The summed E-state index contributed by atoms with van der Waals surface area (Å²) < 4.78 is 63.6. The SMILES string of the molecule is COc1ccc(S(=O)(=O)N2CCOCC2)cc1C(=O)Nc1ccc(F)c(F)c1. The molecule has 0 aromatic heterocycles. The molecule has 1 fully saturated rings. The number of hydrogen-bond donors (Lipinski definition) is 1. The Labute approximate surface area is 160 Å². The number of methoxy groups -OCH3 is 1. The second-order valence-electron chi connectivity index (χ2n) is 5.96. The quantitative estimate of drug-likeness (QED) is 0.814. The first kappa shape index (κ1) is 20.2. The van der Waals surface area contributed by atoms with Gasteiger partial charge in [-0.05, 0) is 30.3 Å². The Hall–Kier alpha value is -2.56. The second kappa shape index (κ2) is 8.21. The number of carbonyl (C=O) groups excluding carboxylic acids is 1. The van der Waals surface area contributed by atoms with Crippen molar-refractivity contribution in [1.82, 2.24) is 4.31 Å². The number of sulfonamides is 1. The van der Waals surface area contributed by atoms with Gasteiger partial charge in [0, 0.05) is 24.8 Å². The van der Waals surface area contributed by atoms with Crippen LogP contribution in [-0.2, 0) is 14.8 Å². The molecule has 1 aliphatic rings. The minimum atomic E-state index is -3.82. The van der Waals surface area contributed by atoms with Crippen LogP contribution in [0.4, 0.5) is 14.5 Å². The third kappa shape index (κ3) is 4.13. The van der Waals surface area contributed by atoms with Gasteiger partial charge in [0.1, 0.15) is 5.75 Å². The largest absolute Gasteiger partial charge is 0.496 e. The first-order chi connectivity index (χ1) is 13.3. The van der Waals surface area contributed by atoms with Crippen molar-refractivity contribution >= 4 is 21.6 Å². The van der Waals surface area contributed by atoms with Crippen molar-refractivity contribution in [2.75, 3.05) is 38.7 Å². The van der Waals surface area contributed by atoms with Crippen molar-refractivity contribution in [2.24, 2.45) is 0 Å². The number of hydrogen-bond acceptors (Lipinski definition) is 5.